The lowest BCUT2D eigenvalue weighted by Crippen LogP contribution is -2.42. The lowest BCUT2D eigenvalue weighted by atomic mass is 9.66. The SMILES string of the molecule is CC(NC(=O)CC1(CN)CCC1)c1cnn(C)c1. The Labute approximate surface area is 108 Å². The number of nitrogens with zero attached hydrogens (tertiary/aromatic N) is 2. The second kappa shape index (κ2) is 5.10. The number of carbonyl (C=O) groups excluding carboxylic acids is 1. The summed E-state index contributed by atoms with van der Waals surface area (Å²) < 4.78 is 1.74. The molecule has 1 unspecified atom stereocenters. The molecule has 1 aromatic rings. The fourth-order valence-corrected chi connectivity index (χ4v) is 2.51. The number of hydrogen-bond acceptors (Lipinski definition) is 3. The van der Waals surface area contributed by atoms with Crippen LogP contribution in [0, 0.1) is 5.41 Å². The lowest BCUT2D eigenvalue weighted by molar-refractivity contribution is -0.125. The van der Waals surface area contributed by atoms with Gasteiger partial charge in [0.05, 0.1) is 12.2 Å². The van der Waals surface area contributed by atoms with Crippen LogP contribution >= 0.6 is 0 Å². The van der Waals surface area contributed by atoms with Crippen molar-refractivity contribution in [2.75, 3.05) is 6.54 Å². The molecule has 1 fully saturated rings. The van der Waals surface area contributed by atoms with Crippen LogP contribution in [0.3, 0.4) is 0 Å². The average Bonchev–Trinajstić information content (AvgIpc) is 2.70. The Hall–Kier alpha value is -1.36. The summed E-state index contributed by atoms with van der Waals surface area (Å²) in [4.78, 5) is 12.0. The Morgan fingerprint density at radius 2 is 2.39 bits per heavy atom. The molecule has 0 bridgehead atoms. The van der Waals surface area contributed by atoms with Crippen LogP contribution in [0.5, 0.6) is 0 Å². The van der Waals surface area contributed by atoms with Gasteiger partial charge in [-0.25, -0.2) is 0 Å². The lowest BCUT2D eigenvalue weighted by Gasteiger charge is -2.40. The summed E-state index contributed by atoms with van der Waals surface area (Å²) in [6, 6.07) is 0.00102. The zero-order valence-corrected chi connectivity index (χ0v) is 11.1. The molecular formula is C13H22N4O. The van der Waals surface area contributed by atoms with Crippen molar-refractivity contribution in [2.24, 2.45) is 18.2 Å². The van der Waals surface area contributed by atoms with Gasteiger partial charge in [-0.3, -0.25) is 9.48 Å². The smallest absolute Gasteiger partial charge is 0.221 e. The van der Waals surface area contributed by atoms with E-state index < -0.39 is 0 Å². The van der Waals surface area contributed by atoms with Crippen molar-refractivity contribution in [1.82, 2.24) is 15.1 Å². The second-order valence-electron chi connectivity index (χ2n) is 5.47. The van der Waals surface area contributed by atoms with E-state index in [2.05, 4.69) is 10.4 Å². The van der Waals surface area contributed by atoms with Crippen molar-refractivity contribution >= 4 is 5.91 Å². The molecule has 0 saturated heterocycles. The number of nitrogens with two attached hydrogens (primary N) is 1. The molecule has 1 saturated carbocycles. The summed E-state index contributed by atoms with van der Waals surface area (Å²) in [6.07, 6.45) is 7.62. The van der Waals surface area contributed by atoms with E-state index in [1.165, 1.54) is 6.42 Å². The zero-order chi connectivity index (χ0) is 13.2. The first-order valence-electron chi connectivity index (χ1n) is 6.53. The number of aromatic nitrogens is 2. The summed E-state index contributed by atoms with van der Waals surface area (Å²) in [5.74, 6) is 0.0940. The number of hydrogen-bond donors (Lipinski definition) is 2. The molecule has 5 heteroatoms. The predicted molar refractivity (Wildman–Crippen MR) is 69.7 cm³/mol. The third-order valence-corrected chi connectivity index (χ3v) is 3.99. The van der Waals surface area contributed by atoms with E-state index in [1.54, 1.807) is 10.9 Å². The molecule has 0 radical (unpaired) electrons. The van der Waals surface area contributed by atoms with Crippen molar-refractivity contribution in [3.8, 4) is 0 Å². The van der Waals surface area contributed by atoms with E-state index in [1.807, 2.05) is 20.2 Å². The number of nitrogens with one attached hydrogen (secondary N) is 1. The third kappa shape index (κ3) is 2.72. The zero-order valence-electron chi connectivity index (χ0n) is 11.1. The van der Waals surface area contributed by atoms with Gasteiger partial charge in [-0.15, -0.1) is 0 Å². The van der Waals surface area contributed by atoms with Crippen molar-refractivity contribution in [1.29, 1.82) is 0 Å². The molecule has 2 rings (SSSR count). The Morgan fingerprint density at radius 1 is 1.67 bits per heavy atom. The Balaban J connectivity index is 1.87. The van der Waals surface area contributed by atoms with Gasteiger partial charge in [0.15, 0.2) is 0 Å². The molecule has 1 aromatic heterocycles. The van der Waals surface area contributed by atoms with Gasteiger partial charge in [0.1, 0.15) is 0 Å². The van der Waals surface area contributed by atoms with Crippen LogP contribution < -0.4 is 11.1 Å². The minimum atomic E-state index is 0.00102. The molecule has 1 amide bonds. The molecule has 1 atom stereocenters. The molecule has 1 aliphatic carbocycles. The van der Waals surface area contributed by atoms with Gasteiger partial charge in [-0.2, -0.15) is 5.10 Å². The van der Waals surface area contributed by atoms with Crippen LogP contribution in [-0.4, -0.2) is 22.2 Å². The largest absolute Gasteiger partial charge is 0.349 e. The summed E-state index contributed by atoms with van der Waals surface area (Å²) in [7, 11) is 1.87. The maximum Gasteiger partial charge on any atom is 0.221 e. The highest BCUT2D eigenvalue weighted by atomic mass is 16.1. The van der Waals surface area contributed by atoms with E-state index in [9.17, 15) is 4.79 Å². The molecule has 1 heterocycles. The Morgan fingerprint density at radius 3 is 2.83 bits per heavy atom. The van der Waals surface area contributed by atoms with Crippen LogP contribution in [0.15, 0.2) is 12.4 Å². The molecule has 5 nitrogen and oxygen atoms in total. The maximum atomic E-state index is 12.0. The van der Waals surface area contributed by atoms with Crippen LogP contribution in [0.4, 0.5) is 0 Å². The van der Waals surface area contributed by atoms with Crippen molar-refractivity contribution in [2.45, 2.75) is 38.6 Å². The van der Waals surface area contributed by atoms with Crippen molar-refractivity contribution < 1.29 is 4.79 Å². The highest BCUT2D eigenvalue weighted by Gasteiger charge is 2.37. The molecule has 0 aromatic carbocycles. The number of amides is 1. The van der Waals surface area contributed by atoms with E-state index in [4.69, 9.17) is 5.73 Å². The van der Waals surface area contributed by atoms with Crippen LogP contribution in [0.2, 0.25) is 0 Å². The highest BCUT2D eigenvalue weighted by Crippen LogP contribution is 2.42. The summed E-state index contributed by atoms with van der Waals surface area (Å²) in [6.45, 7) is 2.59. The topological polar surface area (TPSA) is 72.9 Å². The van der Waals surface area contributed by atoms with Gasteiger partial charge in [-0.05, 0) is 31.7 Å². The monoisotopic (exact) mass is 250 g/mol. The van der Waals surface area contributed by atoms with Crippen LogP contribution in [-0.2, 0) is 11.8 Å². The number of rotatable bonds is 5. The standard InChI is InChI=1S/C13H22N4O/c1-10(11-7-15-17(2)8-11)16-12(18)6-13(9-14)4-3-5-13/h7-8,10H,3-6,9,14H2,1-2H3,(H,16,18). The first-order chi connectivity index (χ1) is 8.54. The average molecular weight is 250 g/mol. The van der Waals surface area contributed by atoms with Gasteiger partial charge < -0.3 is 11.1 Å². The van der Waals surface area contributed by atoms with E-state index in [-0.39, 0.29) is 17.4 Å². The highest BCUT2D eigenvalue weighted by molar-refractivity contribution is 5.77. The van der Waals surface area contributed by atoms with E-state index in [0.29, 0.717) is 13.0 Å². The molecule has 18 heavy (non-hydrogen) atoms. The number of carbonyl (C=O) groups is 1. The normalized spacial score (nSPS) is 19.1. The third-order valence-electron chi connectivity index (χ3n) is 3.99. The Kier molecular flexibility index (Phi) is 3.71. The van der Waals surface area contributed by atoms with Crippen LogP contribution in [0.1, 0.15) is 44.2 Å². The fourth-order valence-electron chi connectivity index (χ4n) is 2.51. The van der Waals surface area contributed by atoms with Gasteiger partial charge in [0.2, 0.25) is 5.91 Å². The van der Waals surface area contributed by atoms with Gasteiger partial charge in [0, 0.05) is 25.2 Å². The van der Waals surface area contributed by atoms with Gasteiger partial charge >= 0.3 is 0 Å². The molecule has 100 valence electrons. The van der Waals surface area contributed by atoms with Crippen LogP contribution in [0.25, 0.3) is 0 Å². The minimum absolute atomic E-state index is 0.00102. The van der Waals surface area contributed by atoms with Gasteiger partial charge in [0.25, 0.3) is 0 Å². The maximum absolute atomic E-state index is 12.0. The summed E-state index contributed by atoms with van der Waals surface area (Å²) in [5.41, 5.74) is 6.87. The number of aryl methyl sites for hydroxylation is 1. The van der Waals surface area contributed by atoms with E-state index in [0.717, 1.165) is 18.4 Å². The van der Waals surface area contributed by atoms with Gasteiger partial charge in [-0.1, -0.05) is 6.42 Å². The molecular weight excluding hydrogens is 228 g/mol. The predicted octanol–water partition coefficient (Wildman–Crippen LogP) is 1.12. The van der Waals surface area contributed by atoms with Crippen molar-refractivity contribution in [3.05, 3.63) is 18.0 Å². The Bertz CT molecular complexity index is 417. The molecule has 1 aliphatic rings. The quantitative estimate of drug-likeness (QED) is 0.822. The molecule has 3 N–H and O–H groups in total. The van der Waals surface area contributed by atoms with Crippen molar-refractivity contribution in [3.63, 3.8) is 0 Å². The summed E-state index contributed by atoms with van der Waals surface area (Å²) >= 11 is 0. The molecule has 0 spiro atoms. The first kappa shape index (κ1) is 13.1. The minimum Gasteiger partial charge on any atom is -0.349 e. The fraction of sp³-hybridized carbons (Fsp3) is 0.692. The molecule has 0 aliphatic heterocycles. The first-order valence-corrected chi connectivity index (χ1v) is 6.53. The van der Waals surface area contributed by atoms with E-state index >= 15 is 0 Å². The second-order valence-corrected chi connectivity index (χ2v) is 5.47. The summed E-state index contributed by atoms with van der Waals surface area (Å²) in [5, 5.41) is 7.13.